The summed E-state index contributed by atoms with van der Waals surface area (Å²) in [5.74, 6) is 1.77. The molecule has 5 atom stereocenters. The topological polar surface area (TPSA) is 131 Å². The molecule has 0 spiro atoms. The number of rotatable bonds is 8. The first-order valence-corrected chi connectivity index (χ1v) is 20.5. The molecule has 1 fully saturated rings. The van der Waals surface area contributed by atoms with Crippen molar-refractivity contribution in [1.29, 1.82) is 0 Å². The van der Waals surface area contributed by atoms with Crippen molar-refractivity contribution in [2.24, 2.45) is 11.7 Å². The van der Waals surface area contributed by atoms with E-state index in [1.54, 1.807) is 6.07 Å². The number of benzene rings is 3. The second kappa shape index (κ2) is 16.9. The number of nitrogens with zero attached hydrogens (tertiary/aromatic N) is 1. The summed E-state index contributed by atoms with van der Waals surface area (Å²) in [7, 11) is 0. The van der Waals surface area contributed by atoms with Crippen LogP contribution in [-0.2, 0) is 34.3 Å². The minimum atomic E-state index is -0.542. The van der Waals surface area contributed by atoms with Crippen molar-refractivity contribution in [3.63, 3.8) is 0 Å². The van der Waals surface area contributed by atoms with E-state index in [1.807, 2.05) is 18.2 Å². The molecule has 8 rings (SSSR count). The molecule has 9 heteroatoms. The van der Waals surface area contributed by atoms with Crippen molar-refractivity contribution in [3.8, 4) is 11.5 Å². The summed E-state index contributed by atoms with van der Waals surface area (Å²) in [5.41, 5.74) is 13.4. The maximum Gasteiger partial charge on any atom is 0.161 e. The number of phenols is 1. The van der Waals surface area contributed by atoms with Crippen molar-refractivity contribution in [2.75, 3.05) is 26.4 Å². The first-order valence-electron chi connectivity index (χ1n) is 20.5. The number of nitrogens with one attached hydrogen (secondary N) is 1. The van der Waals surface area contributed by atoms with Crippen molar-refractivity contribution in [2.45, 2.75) is 107 Å². The molecule has 0 saturated carbocycles. The SMILES string of the molecule is NC1C=CC2=C(N1)n1cc3cc(C45CCOCC4CCc4ccccc45)cc(c3c1)COc1cc(ccc1O)CCC(O)CC(CCCCCCCO)OC2. The third kappa shape index (κ3) is 8.09. The molecule has 1 aliphatic carbocycles. The summed E-state index contributed by atoms with van der Waals surface area (Å²) in [6.07, 6.45) is 18.0. The molecule has 3 aromatic carbocycles. The Morgan fingerprint density at radius 3 is 2.71 bits per heavy atom. The number of aliphatic hydroxyl groups excluding tert-OH is 2. The van der Waals surface area contributed by atoms with E-state index in [9.17, 15) is 15.3 Å². The molecule has 4 aromatic rings. The minimum absolute atomic E-state index is 0.0994. The minimum Gasteiger partial charge on any atom is -0.504 e. The number of aromatic nitrogens is 1. The normalized spacial score (nSPS) is 25.7. The van der Waals surface area contributed by atoms with E-state index in [0.29, 0.717) is 44.1 Å². The second-order valence-corrected chi connectivity index (χ2v) is 16.1. The molecule has 55 heavy (non-hydrogen) atoms. The summed E-state index contributed by atoms with van der Waals surface area (Å²) >= 11 is 0. The average Bonchev–Trinajstić information content (AvgIpc) is 3.64. The fourth-order valence-electron chi connectivity index (χ4n) is 9.55. The number of nitrogens with two attached hydrogens (primary N) is 1. The first kappa shape index (κ1) is 37.8. The van der Waals surface area contributed by atoms with Gasteiger partial charge in [0.2, 0.25) is 0 Å². The highest BCUT2D eigenvalue weighted by Crippen LogP contribution is 2.51. The third-order valence-electron chi connectivity index (χ3n) is 12.5. The van der Waals surface area contributed by atoms with Crippen molar-refractivity contribution >= 4 is 16.6 Å². The van der Waals surface area contributed by atoms with Gasteiger partial charge in [-0.25, -0.2) is 0 Å². The van der Waals surface area contributed by atoms with Crippen molar-refractivity contribution in [1.82, 2.24) is 9.88 Å². The van der Waals surface area contributed by atoms with Crippen LogP contribution >= 0.6 is 0 Å². The fraction of sp³-hybridized carbons (Fsp3) is 0.478. The lowest BCUT2D eigenvalue weighted by Gasteiger charge is -2.49. The monoisotopic (exact) mass is 747 g/mol. The van der Waals surface area contributed by atoms with Crippen LogP contribution in [0.1, 0.15) is 92.0 Å². The number of fused-ring (bicyclic) bond motifs is 7. The predicted octanol–water partition coefficient (Wildman–Crippen LogP) is 7.22. The van der Waals surface area contributed by atoms with Gasteiger partial charge in [0, 0.05) is 47.4 Å². The van der Waals surface area contributed by atoms with Gasteiger partial charge in [0.25, 0.3) is 0 Å². The van der Waals surface area contributed by atoms with Crippen LogP contribution in [0.4, 0.5) is 0 Å². The molecule has 9 nitrogen and oxygen atoms in total. The summed E-state index contributed by atoms with van der Waals surface area (Å²) in [4.78, 5) is 0. The van der Waals surface area contributed by atoms with Gasteiger partial charge < -0.3 is 45.1 Å². The zero-order chi connectivity index (χ0) is 37.8. The molecule has 6 N–H and O–H groups in total. The van der Waals surface area contributed by atoms with E-state index in [1.165, 1.54) is 16.7 Å². The average molecular weight is 748 g/mol. The van der Waals surface area contributed by atoms with E-state index in [2.05, 4.69) is 64.8 Å². The lowest BCUT2D eigenvalue weighted by molar-refractivity contribution is 0.00498. The molecule has 4 aliphatic rings. The zero-order valence-electron chi connectivity index (χ0n) is 31.9. The van der Waals surface area contributed by atoms with E-state index in [4.69, 9.17) is 19.9 Å². The summed E-state index contributed by atoms with van der Waals surface area (Å²) < 4.78 is 21.5. The largest absolute Gasteiger partial charge is 0.504 e. The maximum absolute atomic E-state index is 11.3. The molecule has 4 bridgehead atoms. The Morgan fingerprint density at radius 2 is 1.80 bits per heavy atom. The molecular weight excluding hydrogens is 691 g/mol. The van der Waals surface area contributed by atoms with Crippen LogP contribution < -0.4 is 15.8 Å². The van der Waals surface area contributed by atoms with Crippen LogP contribution in [0.2, 0.25) is 0 Å². The van der Waals surface area contributed by atoms with Gasteiger partial charge >= 0.3 is 0 Å². The van der Waals surface area contributed by atoms with Gasteiger partial charge in [-0.15, -0.1) is 0 Å². The summed E-state index contributed by atoms with van der Waals surface area (Å²) in [5, 5.41) is 37.1. The van der Waals surface area contributed by atoms with Gasteiger partial charge in [-0.3, -0.25) is 0 Å². The Hall–Kier alpha value is -4.12. The molecule has 0 radical (unpaired) electrons. The van der Waals surface area contributed by atoms with Gasteiger partial charge in [0.15, 0.2) is 11.5 Å². The van der Waals surface area contributed by atoms with E-state index >= 15 is 0 Å². The summed E-state index contributed by atoms with van der Waals surface area (Å²) in [6, 6.07) is 19.2. The smallest absolute Gasteiger partial charge is 0.161 e. The van der Waals surface area contributed by atoms with E-state index < -0.39 is 6.10 Å². The van der Waals surface area contributed by atoms with E-state index in [0.717, 1.165) is 97.7 Å². The first-order chi connectivity index (χ1) is 26.9. The molecule has 292 valence electrons. The molecule has 1 saturated heterocycles. The molecule has 3 aliphatic heterocycles. The Bertz CT molecular complexity index is 2020. The van der Waals surface area contributed by atoms with Gasteiger partial charge in [-0.2, -0.15) is 0 Å². The van der Waals surface area contributed by atoms with Crippen molar-refractivity contribution < 1.29 is 29.5 Å². The van der Waals surface area contributed by atoms with Crippen LogP contribution in [0.25, 0.3) is 16.6 Å². The number of aromatic hydroxyl groups is 1. The molecular formula is C46H57N3O6. The highest BCUT2D eigenvalue weighted by molar-refractivity contribution is 5.88. The number of ether oxygens (including phenoxy) is 3. The lowest BCUT2D eigenvalue weighted by atomic mass is 9.57. The Balaban J connectivity index is 1.21. The van der Waals surface area contributed by atoms with Crippen LogP contribution in [-0.4, -0.2) is 64.7 Å². The second-order valence-electron chi connectivity index (χ2n) is 16.1. The van der Waals surface area contributed by atoms with Crippen LogP contribution in [0, 0.1) is 5.92 Å². The molecule has 0 amide bonds. The molecule has 4 heterocycles. The van der Waals surface area contributed by atoms with Gasteiger partial charge in [0.1, 0.15) is 12.4 Å². The number of hydrogen-bond donors (Lipinski definition) is 5. The predicted molar refractivity (Wildman–Crippen MR) is 216 cm³/mol. The number of aliphatic hydroxyl groups is 2. The number of dihydropyridines is 1. The standard InChI is InChI=1S/C46H57N3O6/c47-44-18-14-33-28-54-39(9-4-2-1-3-7-20-50)25-38(51)16-11-31-12-17-42(52)43(22-31)55-29-35-24-37(23-34-26-49(27-40(34)35)45(33)48-44)46-19-21-53-30-36(46)15-13-32-8-5-6-10-41(32)46/h5-6,8,10,12,14,17-18,22-24,26-27,36,38-39,44,48,50-52H,1-4,7,9,11,13,15-16,19-21,25,28-30,47H2. The van der Waals surface area contributed by atoms with E-state index in [-0.39, 0.29) is 36.6 Å². The lowest BCUT2D eigenvalue weighted by Crippen LogP contribution is -2.47. The van der Waals surface area contributed by atoms with Crippen molar-refractivity contribution in [3.05, 3.63) is 113 Å². The Labute approximate surface area is 324 Å². The number of hydrogen-bond acceptors (Lipinski definition) is 8. The van der Waals surface area contributed by atoms with Crippen LogP contribution in [0.3, 0.4) is 0 Å². The maximum atomic E-state index is 11.3. The highest BCUT2D eigenvalue weighted by atomic mass is 16.5. The third-order valence-corrected chi connectivity index (χ3v) is 12.5. The van der Waals surface area contributed by atoms with Crippen LogP contribution in [0.15, 0.2) is 84.7 Å². The van der Waals surface area contributed by atoms with Crippen LogP contribution in [0.5, 0.6) is 11.5 Å². The summed E-state index contributed by atoms with van der Waals surface area (Å²) in [6.45, 7) is 2.34. The molecule has 1 aromatic heterocycles. The van der Waals surface area contributed by atoms with Gasteiger partial charge in [-0.05, 0) is 109 Å². The van der Waals surface area contributed by atoms with Gasteiger partial charge in [-0.1, -0.05) is 68.2 Å². The number of aryl methyl sites for hydroxylation is 2. The Kier molecular flexibility index (Phi) is 11.6. The quantitative estimate of drug-likeness (QED) is 0.120. The number of phenolic OH excluding ortho intramolecular Hbond substituents is 1. The highest BCUT2D eigenvalue weighted by Gasteiger charge is 2.47. The fourth-order valence-corrected chi connectivity index (χ4v) is 9.55. The zero-order valence-corrected chi connectivity index (χ0v) is 31.9. The molecule has 5 unspecified atom stereocenters. The number of unbranched alkanes of at least 4 members (excludes halogenated alkanes) is 4. The Morgan fingerprint density at radius 1 is 0.927 bits per heavy atom. The van der Waals surface area contributed by atoms with Gasteiger partial charge in [0.05, 0.1) is 31.6 Å².